The van der Waals surface area contributed by atoms with E-state index in [0.717, 1.165) is 25.1 Å². The molecule has 8 heteroatoms. The van der Waals surface area contributed by atoms with Crippen LogP contribution in [0.5, 0.6) is 0 Å². The highest BCUT2D eigenvalue weighted by Crippen LogP contribution is 2.31. The first-order chi connectivity index (χ1) is 11.8. The molecule has 0 radical (unpaired) electrons. The minimum atomic E-state index is -4.44. The third kappa shape index (κ3) is 3.53. The highest BCUT2D eigenvalue weighted by molar-refractivity contribution is 6.23. The maximum absolute atomic E-state index is 12.6. The van der Waals surface area contributed by atoms with Crippen molar-refractivity contribution < 1.29 is 22.8 Å². The molecule has 0 bridgehead atoms. The van der Waals surface area contributed by atoms with Gasteiger partial charge < -0.3 is 16.0 Å². The molecule has 1 aromatic carbocycles. The van der Waals surface area contributed by atoms with Crippen molar-refractivity contribution in [3.63, 3.8) is 0 Å². The van der Waals surface area contributed by atoms with Crippen LogP contribution in [0.25, 0.3) is 0 Å². The first kappa shape index (κ1) is 17.5. The Hall–Kier alpha value is -2.35. The van der Waals surface area contributed by atoms with Crippen molar-refractivity contribution in [2.45, 2.75) is 25.6 Å². The van der Waals surface area contributed by atoms with Crippen LogP contribution >= 0.6 is 0 Å². The molecule has 134 valence electrons. The Morgan fingerprint density at radius 2 is 1.92 bits per heavy atom. The van der Waals surface area contributed by atoms with Crippen LogP contribution in [-0.4, -0.2) is 30.9 Å². The van der Waals surface area contributed by atoms with Gasteiger partial charge >= 0.3 is 6.18 Å². The van der Waals surface area contributed by atoms with E-state index in [2.05, 4.69) is 16.0 Å². The number of hydrogen-bond acceptors (Lipinski definition) is 3. The van der Waals surface area contributed by atoms with Gasteiger partial charge in [0.2, 0.25) is 0 Å². The summed E-state index contributed by atoms with van der Waals surface area (Å²) in [7, 11) is 0. The van der Waals surface area contributed by atoms with Gasteiger partial charge in [0.1, 0.15) is 5.57 Å². The standard InChI is InChI=1S/C17H18F3N3O2/c1-9-12-8-21-7-6-13(12)23-16(25)14(9)15(24)22-11-4-2-10(3-5-11)17(18,19)20/h2-5,12-13,21H,6-8H2,1H3,(H,22,24)(H,23,25). The van der Waals surface area contributed by atoms with Gasteiger partial charge in [0.05, 0.1) is 5.56 Å². The van der Waals surface area contributed by atoms with E-state index in [9.17, 15) is 22.8 Å². The van der Waals surface area contributed by atoms with E-state index in [1.807, 2.05) is 0 Å². The molecule has 3 rings (SSSR count). The number of halogens is 3. The van der Waals surface area contributed by atoms with Gasteiger partial charge in [-0.25, -0.2) is 0 Å². The van der Waals surface area contributed by atoms with Gasteiger partial charge in [0.15, 0.2) is 0 Å². The number of fused-ring (bicyclic) bond motifs is 1. The molecule has 2 amide bonds. The lowest BCUT2D eigenvalue weighted by Crippen LogP contribution is -2.54. The van der Waals surface area contributed by atoms with Crippen LogP contribution in [-0.2, 0) is 15.8 Å². The maximum Gasteiger partial charge on any atom is 0.416 e. The Bertz CT molecular complexity index is 726. The van der Waals surface area contributed by atoms with E-state index in [0.29, 0.717) is 12.1 Å². The van der Waals surface area contributed by atoms with Crippen LogP contribution in [0.1, 0.15) is 18.9 Å². The van der Waals surface area contributed by atoms with Gasteiger partial charge in [-0.3, -0.25) is 9.59 Å². The van der Waals surface area contributed by atoms with Crippen LogP contribution in [0.4, 0.5) is 18.9 Å². The summed E-state index contributed by atoms with van der Waals surface area (Å²) in [4.78, 5) is 24.8. The summed E-state index contributed by atoms with van der Waals surface area (Å²) in [6.45, 7) is 3.24. The van der Waals surface area contributed by atoms with Crippen LogP contribution in [0.15, 0.2) is 35.4 Å². The quantitative estimate of drug-likeness (QED) is 0.713. The largest absolute Gasteiger partial charge is 0.416 e. The molecule has 2 aliphatic rings. The van der Waals surface area contributed by atoms with Crippen molar-refractivity contribution in [1.82, 2.24) is 10.6 Å². The smallest absolute Gasteiger partial charge is 0.348 e. The molecule has 0 saturated carbocycles. The van der Waals surface area contributed by atoms with E-state index in [4.69, 9.17) is 0 Å². The Kier molecular flexibility index (Phi) is 4.55. The summed E-state index contributed by atoms with van der Waals surface area (Å²) >= 11 is 0. The number of hydrogen-bond donors (Lipinski definition) is 3. The highest BCUT2D eigenvalue weighted by Gasteiger charge is 2.37. The number of rotatable bonds is 2. The molecule has 2 unspecified atom stereocenters. The van der Waals surface area contributed by atoms with Crippen LogP contribution in [0.2, 0.25) is 0 Å². The number of nitrogens with one attached hydrogen (secondary N) is 3. The van der Waals surface area contributed by atoms with Crippen molar-refractivity contribution >= 4 is 17.5 Å². The number of amides is 2. The second-order valence-electron chi connectivity index (χ2n) is 6.27. The lowest BCUT2D eigenvalue weighted by molar-refractivity contribution is -0.137. The molecular formula is C17H18F3N3O2. The number of anilines is 1. The summed E-state index contributed by atoms with van der Waals surface area (Å²) in [6, 6.07) is 4.12. The fourth-order valence-corrected chi connectivity index (χ4v) is 3.31. The molecule has 2 aliphatic heterocycles. The number of carbonyl (C=O) groups excluding carboxylic acids is 2. The van der Waals surface area contributed by atoms with Crippen molar-refractivity contribution in [2.75, 3.05) is 18.4 Å². The molecule has 1 saturated heterocycles. The number of carbonyl (C=O) groups is 2. The van der Waals surface area contributed by atoms with Crippen LogP contribution < -0.4 is 16.0 Å². The summed E-state index contributed by atoms with van der Waals surface area (Å²) in [6.07, 6.45) is -3.64. The van der Waals surface area contributed by atoms with E-state index in [1.54, 1.807) is 6.92 Å². The van der Waals surface area contributed by atoms with E-state index >= 15 is 0 Å². The molecule has 0 spiro atoms. The number of benzene rings is 1. The van der Waals surface area contributed by atoms with E-state index < -0.39 is 23.6 Å². The predicted molar refractivity (Wildman–Crippen MR) is 85.7 cm³/mol. The molecule has 2 heterocycles. The van der Waals surface area contributed by atoms with Gasteiger partial charge in [-0.15, -0.1) is 0 Å². The van der Waals surface area contributed by atoms with Gasteiger partial charge in [-0.05, 0) is 49.7 Å². The fourth-order valence-electron chi connectivity index (χ4n) is 3.31. The lowest BCUT2D eigenvalue weighted by atomic mass is 9.81. The first-order valence-corrected chi connectivity index (χ1v) is 7.98. The van der Waals surface area contributed by atoms with Gasteiger partial charge in [-0.2, -0.15) is 13.2 Å². The van der Waals surface area contributed by atoms with Crippen LogP contribution in [0, 0.1) is 5.92 Å². The molecule has 3 N–H and O–H groups in total. The highest BCUT2D eigenvalue weighted by atomic mass is 19.4. The Morgan fingerprint density at radius 1 is 1.24 bits per heavy atom. The minimum absolute atomic E-state index is 0.0105. The van der Waals surface area contributed by atoms with Crippen molar-refractivity contribution in [2.24, 2.45) is 5.92 Å². The average molecular weight is 353 g/mol. The van der Waals surface area contributed by atoms with Crippen molar-refractivity contribution in [3.8, 4) is 0 Å². The van der Waals surface area contributed by atoms with Crippen molar-refractivity contribution in [1.29, 1.82) is 0 Å². The van der Waals surface area contributed by atoms with E-state index in [-0.39, 0.29) is 23.2 Å². The second kappa shape index (κ2) is 6.51. The van der Waals surface area contributed by atoms with Crippen molar-refractivity contribution in [3.05, 3.63) is 41.0 Å². The molecule has 5 nitrogen and oxygen atoms in total. The second-order valence-corrected chi connectivity index (χ2v) is 6.27. The molecule has 25 heavy (non-hydrogen) atoms. The zero-order chi connectivity index (χ0) is 18.2. The summed E-state index contributed by atoms with van der Waals surface area (Å²) in [5.74, 6) is -1.01. The Morgan fingerprint density at radius 3 is 2.56 bits per heavy atom. The zero-order valence-corrected chi connectivity index (χ0v) is 13.5. The average Bonchev–Trinajstić information content (AvgIpc) is 2.54. The Balaban J connectivity index is 1.79. The molecule has 0 aliphatic carbocycles. The third-order valence-corrected chi connectivity index (χ3v) is 4.67. The SMILES string of the molecule is CC1=C(C(=O)Nc2ccc(C(F)(F)F)cc2)C(=O)NC2CCNCC12. The molecule has 0 aromatic heterocycles. The minimum Gasteiger partial charge on any atom is -0.348 e. The normalized spacial score (nSPS) is 23.8. The predicted octanol–water partition coefficient (Wildman–Crippen LogP) is 2.07. The van der Waals surface area contributed by atoms with Crippen LogP contribution in [0.3, 0.4) is 0 Å². The summed E-state index contributed by atoms with van der Waals surface area (Å²) in [5, 5.41) is 8.58. The monoisotopic (exact) mass is 353 g/mol. The topological polar surface area (TPSA) is 70.2 Å². The van der Waals surface area contributed by atoms with Gasteiger partial charge in [-0.1, -0.05) is 0 Å². The van der Waals surface area contributed by atoms with Gasteiger partial charge in [0.25, 0.3) is 11.8 Å². The molecule has 1 fully saturated rings. The molecule has 1 aromatic rings. The zero-order valence-electron chi connectivity index (χ0n) is 13.5. The van der Waals surface area contributed by atoms with Gasteiger partial charge in [0, 0.05) is 24.2 Å². The lowest BCUT2D eigenvalue weighted by Gasteiger charge is -2.37. The summed E-state index contributed by atoms with van der Waals surface area (Å²) < 4.78 is 37.7. The number of alkyl halides is 3. The fraction of sp³-hybridized carbons (Fsp3) is 0.412. The maximum atomic E-state index is 12.6. The molecular weight excluding hydrogens is 335 g/mol. The first-order valence-electron chi connectivity index (χ1n) is 7.98. The number of piperidine rings is 1. The molecule has 2 atom stereocenters. The van der Waals surface area contributed by atoms with E-state index in [1.165, 1.54) is 12.1 Å². The Labute approximate surface area is 142 Å². The summed E-state index contributed by atoms with van der Waals surface area (Å²) in [5.41, 5.74) is 0.137. The third-order valence-electron chi connectivity index (χ3n) is 4.67.